The molecule has 0 bridgehead atoms. The molecule has 0 saturated carbocycles. The van der Waals surface area contributed by atoms with Gasteiger partial charge in [-0.1, -0.05) is 45.1 Å². The first-order valence-electron chi connectivity index (χ1n) is 9.41. The molecular weight excluding hydrogens is 366 g/mol. The van der Waals surface area contributed by atoms with E-state index in [1.807, 2.05) is 24.3 Å². The van der Waals surface area contributed by atoms with Crippen LogP contribution in [0.5, 0.6) is 11.5 Å². The standard InChI is InChI=1S/C24H27NO4/c1-6-20(21(7-2)23(27)28)22(26)25-17-10-14-19(15-11-17)29-18-12-8-16(9-13-18)24(3,4)5/h6-15H,1-5H3,(H,25,26)(H,27,28)/b20-6+,21-7+. The number of ether oxygens (including phenoxy) is 1. The number of carbonyl (C=O) groups is 2. The van der Waals surface area contributed by atoms with Gasteiger partial charge < -0.3 is 15.2 Å². The van der Waals surface area contributed by atoms with E-state index in [-0.39, 0.29) is 16.6 Å². The van der Waals surface area contributed by atoms with Gasteiger partial charge in [0, 0.05) is 11.3 Å². The Bertz CT molecular complexity index is 930. The first-order valence-corrected chi connectivity index (χ1v) is 9.41. The predicted molar refractivity (Wildman–Crippen MR) is 115 cm³/mol. The lowest BCUT2D eigenvalue weighted by Gasteiger charge is -2.19. The molecule has 0 saturated heterocycles. The van der Waals surface area contributed by atoms with Crippen LogP contribution >= 0.6 is 0 Å². The maximum absolute atomic E-state index is 12.4. The average Bonchev–Trinajstić information content (AvgIpc) is 2.66. The van der Waals surface area contributed by atoms with Crippen LogP contribution in [0.3, 0.4) is 0 Å². The van der Waals surface area contributed by atoms with Crippen molar-refractivity contribution >= 4 is 17.6 Å². The van der Waals surface area contributed by atoms with Crippen LogP contribution < -0.4 is 10.1 Å². The molecule has 5 nitrogen and oxygen atoms in total. The van der Waals surface area contributed by atoms with Gasteiger partial charge in [0.25, 0.3) is 5.91 Å². The Labute approximate surface area is 171 Å². The van der Waals surface area contributed by atoms with Crippen molar-refractivity contribution in [2.24, 2.45) is 0 Å². The Morgan fingerprint density at radius 1 is 0.862 bits per heavy atom. The van der Waals surface area contributed by atoms with Crippen LogP contribution in [-0.4, -0.2) is 17.0 Å². The van der Waals surface area contributed by atoms with Gasteiger partial charge in [-0.15, -0.1) is 0 Å². The van der Waals surface area contributed by atoms with Gasteiger partial charge in [-0.05, 0) is 61.2 Å². The number of nitrogens with one attached hydrogen (secondary N) is 1. The minimum atomic E-state index is -1.14. The molecule has 0 aliphatic carbocycles. The number of hydrogen-bond acceptors (Lipinski definition) is 3. The molecule has 2 aromatic rings. The number of benzene rings is 2. The van der Waals surface area contributed by atoms with Crippen molar-refractivity contribution < 1.29 is 19.4 Å². The van der Waals surface area contributed by atoms with Crippen molar-refractivity contribution in [3.63, 3.8) is 0 Å². The highest BCUT2D eigenvalue weighted by molar-refractivity contribution is 6.13. The van der Waals surface area contributed by atoms with E-state index in [0.717, 1.165) is 5.75 Å². The second-order valence-electron chi connectivity index (χ2n) is 7.56. The quantitative estimate of drug-likeness (QED) is 0.488. The van der Waals surface area contributed by atoms with Crippen molar-refractivity contribution in [3.8, 4) is 11.5 Å². The summed E-state index contributed by atoms with van der Waals surface area (Å²) in [6, 6.07) is 14.9. The van der Waals surface area contributed by atoms with Crippen LogP contribution in [0.2, 0.25) is 0 Å². The monoisotopic (exact) mass is 393 g/mol. The Morgan fingerprint density at radius 3 is 1.76 bits per heavy atom. The summed E-state index contributed by atoms with van der Waals surface area (Å²) < 4.78 is 5.85. The number of rotatable bonds is 6. The molecule has 0 aliphatic heterocycles. The molecule has 0 fully saturated rings. The number of carboxylic acid groups (broad SMARTS) is 1. The molecule has 0 radical (unpaired) electrons. The summed E-state index contributed by atoms with van der Waals surface area (Å²) in [5.41, 5.74) is 1.93. The Balaban J connectivity index is 2.06. The smallest absolute Gasteiger partial charge is 0.336 e. The molecule has 2 N–H and O–H groups in total. The van der Waals surface area contributed by atoms with Crippen molar-refractivity contribution in [3.05, 3.63) is 77.4 Å². The van der Waals surface area contributed by atoms with Gasteiger partial charge in [0.1, 0.15) is 11.5 Å². The van der Waals surface area contributed by atoms with Crippen molar-refractivity contribution in [2.75, 3.05) is 5.32 Å². The van der Waals surface area contributed by atoms with E-state index in [2.05, 4.69) is 26.1 Å². The third kappa shape index (κ3) is 5.82. The number of allylic oxidation sites excluding steroid dienone is 2. The van der Waals surface area contributed by atoms with Gasteiger partial charge in [0.05, 0.1) is 5.57 Å². The molecule has 0 spiro atoms. The van der Waals surface area contributed by atoms with Crippen LogP contribution in [0.4, 0.5) is 5.69 Å². The lowest BCUT2D eigenvalue weighted by molar-refractivity contribution is -0.132. The number of aliphatic carboxylic acids is 1. The maximum Gasteiger partial charge on any atom is 0.336 e. The Morgan fingerprint density at radius 2 is 1.34 bits per heavy atom. The second kappa shape index (κ2) is 9.24. The maximum atomic E-state index is 12.4. The topological polar surface area (TPSA) is 75.6 Å². The molecule has 1 amide bonds. The summed E-state index contributed by atoms with van der Waals surface area (Å²) in [6.07, 6.45) is 2.89. The van der Waals surface area contributed by atoms with E-state index < -0.39 is 11.9 Å². The van der Waals surface area contributed by atoms with Crippen molar-refractivity contribution in [1.29, 1.82) is 0 Å². The first kappa shape index (κ1) is 22.0. The summed E-state index contributed by atoms with van der Waals surface area (Å²) in [4.78, 5) is 23.7. The van der Waals surface area contributed by atoms with Gasteiger partial charge in [0.2, 0.25) is 0 Å². The second-order valence-corrected chi connectivity index (χ2v) is 7.56. The summed E-state index contributed by atoms with van der Waals surface area (Å²) >= 11 is 0. The minimum Gasteiger partial charge on any atom is -0.478 e. The number of carbonyl (C=O) groups excluding carboxylic acids is 1. The highest BCUT2D eigenvalue weighted by Crippen LogP contribution is 2.27. The van der Waals surface area contributed by atoms with E-state index in [9.17, 15) is 14.7 Å². The fourth-order valence-corrected chi connectivity index (χ4v) is 2.77. The Kier molecular flexibility index (Phi) is 6.99. The Hall–Kier alpha value is -3.34. The molecule has 29 heavy (non-hydrogen) atoms. The summed E-state index contributed by atoms with van der Waals surface area (Å²) in [6.45, 7) is 9.68. The molecule has 0 unspecified atom stereocenters. The predicted octanol–water partition coefficient (Wildman–Crippen LogP) is 5.69. The highest BCUT2D eigenvalue weighted by atomic mass is 16.5. The molecule has 5 heteroatoms. The van der Waals surface area contributed by atoms with Gasteiger partial charge in [-0.25, -0.2) is 4.79 Å². The van der Waals surface area contributed by atoms with Crippen LogP contribution in [0.1, 0.15) is 40.2 Å². The zero-order valence-corrected chi connectivity index (χ0v) is 17.4. The highest BCUT2D eigenvalue weighted by Gasteiger charge is 2.19. The average molecular weight is 393 g/mol. The molecule has 0 aliphatic rings. The molecule has 0 atom stereocenters. The van der Waals surface area contributed by atoms with E-state index in [1.54, 1.807) is 38.1 Å². The zero-order valence-electron chi connectivity index (χ0n) is 17.4. The molecule has 0 heterocycles. The van der Waals surface area contributed by atoms with Gasteiger partial charge in [0.15, 0.2) is 0 Å². The van der Waals surface area contributed by atoms with E-state index in [1.165, 1.54) is 17.7 Å². The van der Waals surface area contributed by atoms with E-state index in [4.69, 9.17) is 4.74 Å². The normalized spacial score (nSPS) is 12.4. The fraction of sp³-hybridized carbons (Fsp3) is 0.250. The molecular formula is C24H27NO4. The van der Waals surface area contributed by atoms with Crippen molar-refractivity contribution in [2.45, 2.75) is 40.0 Å². The van der Waals surface area contributed by atoms with Gasteiger partial charge in [-0.2, -0.15) is 0 Å². The third-order valence-electron chi connectivity index (χ3n) is 4.41. The zero-order chi connectivity index (χ0) is 21.6. The third-order valence-corrected chi connectivity index (χ3v) is 4.41. The SMILES string of the molecule is C/C=C(C(=O)O)\C(=C/C)C(=O)Nc1ccc(Oc2ccc(C(C)(C)C)cc2)cc1. The minimum absolute atomic E-state index is 0.0383. The summed E-state index contributed by atoms with van der Waals surface area (Å²) in [5, 5.41) is 11.9. The van der Waals surface area contributed by atoms with E-state index >= 15 is 0 Å². The number of amides is 1. The van der Waals surface area contributed by atoms with Gasteiger partial charge in [-0.3, -0.25) is 4.79 Å². The van der Waals surface area contributed by atoms with E-state index in [0.29, 0.717) is 11.4 Å². The first-order chi connectivity index (χ1) is 13.7. The molecule has 2 rings (SSSR count). The summed E-state index contributed by atoms with van der Waals surface area (Å²) in [5.74, 6) is -0.256. The van der Waals surface area contributed by atoms with Crippen LogP contribution in [0, 0.1) is 0 Å². The largest absolute Gasteiger partial charge is 0.478 e. The number of carboxylic acids is 1. The van der Waals surface area contributed by atoms with Crippen molar-refractivity contribution in [1.82, 2.24) is 0 Å². The summed E-state index contributed by atoms with van der Waals surface area (Å²) in [7, 11) is 0. The molecule has 0 aromatic heterocycles. The van der Waals surface area contributed by atoms with Gasteiger partial charge >= 0.3 is 5.97 Å². The molecule has 152 valence electrons. The number of anilines is 1. The number of hydrogen-bond donors (Lipinski definition) is 2. The van der Waals surface area contributed by atoms with Crippen LogP contribution in [0.15, 0.2) is 71.8 Å². The lowest BCUT2D eigenvalue weighted by Crippen LogP contribution is -2.19. The molecule has 2 aromatic carbocycles. The van der Waals surface area contributed by atoms with Crippen LogP contribution in [-0.2, 0) is 15.0 Å². The fourth-order valence-electron chi connectivity index (χ4n) is 2.77. The lowest BCUT2D eigenvalue weighted by atomic mass is 9.87. The van der Waals surface area contributed by atoms with Crippen LogP contribution in [0.25, 0.3) is 0 Å².